The SMILES string of the molecule is CCCn1c(CCl)nnc1CC(C)(C)OC. The summed E-state index contributed by atoms with van der Waals surface area (Å²) in [5, 5.41) is 8.28. The summed E-state index contributed by atoms with van der Waals surface area (Å²) in [5.41, 5.74) is -0.220. The molecule has 0 saturated heterocycles. The molecule has 92 valence electrons. The molecule has 0 atom stereocenters. The van der Waals surface area contributed by atoms with Crippen molar-refractivity contribution in [2.24, 2.45) is 0 Å². The third kappa shape index (κ3) is 3.19. The van der Waals surface area contributed by atoms with Gasteiger partial charge in [0.1, 0.15) is 11.6 Å². The minimum Gasteiger partial charge on any atom is -0.378 e. The van der Waals surface area contributed by atoms with E-state index in [4.69, 9.17) is 16.3 Å². The highest BCUT2D eigenvalue weighted by Crippen LogP contribution is 2.16. The van der Waals surface area contributed by atoms with E-state index in [1.807, 2.05) is 13.8 Å². The van der Waals surface area contributed by atoms with Crippen LogP contribution in [0.15, 0.2) is 0 Å². The number of alkyl halides is 1. The fraction of sp³-hybridized carbons (Fsp3) is 0.818. The molecule has 0 bridgehead atoms. The zero-order valence-electron chi connectivity index (χ0n) is 10.5. The molecule has 1 rings (SSSR count). The normalized spacial score (nSPS) is 12.1. The highest BCUT2D eigenvalue weighted by Gasteiger charge is 2.22. The Bertz CT molecular complexity index is 336. The molecular weight excluding hydrogens is 226 g/mol. The molecular formula is C11H20ClN3O. The van der Waals surface area contributed by atoms with E-state index in [9.17, 15) is 0 Å². The van der Waals surface area contributed by atoms with Gasteiger partial charge in [0.15, 0.2) is 0 Å². The molecule has 0 unspecified atom stereocenters. The van der Waals surface area contributed by atoms with Gasteiger partial charge in [0.25, 0.3) is 0 Å². The lowest BCUT2D eigenvalue weighted by Gasteiger charge is -2.22. The minimum atomic E-state index is -0.220. The summed E-state index contributed by atoms with van der Waals surface area (Å²) in [5.74, 6) is 2.19. The number of rotatable bonds is 6. The van der Waals surface area contributed by atoms with E-state index in [-0.39, 0.29) is 5.60 Å². The Kier molecular flexibility index (Phi) is 4.74. The predicted octanol–water partition coefficient (Wildman–Crippen LogP) is 2.39. The van der Waals surface area contributed by atoms with Crippen LogP contribution in [-0.4, -0.2) is 27.5 Å². The average Bonchev–Trinajstić information content (AvgIpc) is 2.61. The van der Waals surface area contributed by atoms with E-state index in [0.717, 1.165) is 31.0 Å². The first-order valence-electron chi connectivity index (χ1n) is 5.56. The van der Waals surface area contributed by atoms with Gasteiger partial charge in [-0.2, -0.15) is 0 Å². The van der Waals surface area contributed by atoms with E-state index in [2.05, 4.69) is 21.7 Å². The van der Waals surface area contributed by atoms with Crippen LogP contribution in [-0.2, 0) is 23.6 Å². The highest BCUT2D eigenvalue weighted by molar-refractivity contribution is 6.16. The van der Waals surface area contributed by atoms with Gasteiger partial charge in [0, 0.05) is 20.1 Å². The fourth-order valence-electron chi connectivity index (χ4n) is 1.54. The lowest BCUT2D eigenvalue weighted by Crippen LogP contribution is -2.27. The number of ether oxygens (including phenoxy) is 1. The third-order valence-corrected chi connectivity index (χ3v) is 2.85. The van der Waals surface area contributed by atoms with Crippen molar-refractivity contribution in [2.75, 3.05) is 7.11 Å². The first kappa shape index (κ1) is 13.5. The standard InChI is InChI=1S/C11H20ClN3O/c1-5-6-15-9(7-11(2,3)16-4)13-14-10(15)8-12/h5-8H2,1-4H3. The molecule has 0 aliphatic carbocycles. The van der Waals surface area contributed by atoms with E-state index in [1.165, 1.54) is 0 Å². The molecule has 0 N–H and O–H groups in total. The number of methoxy groups -OCH3 is 1. The lowest BCUT2D eigenvalue weighted by atomic mass is 10.0. The van der Waals surface area contributed by atoms with Gasteiger partial charge in [0.05, 0.1) is 11.5 Å². The van der Waals surface area contributed by atoms with Crippen molar-refractivity contribution in [3.8, 4) is 0 Å². The predicted molar refractivity (Wildman–Crippen MR) is 64.7 cm³/mol. The largest absolute Gasteiger partial charge is 0.378 e. The zero-order valence-corrected chi connectivity index (χ0v) is 11.2. The molecule has 1 heterocycles. The van der Waals surface area contributed by atoms with Crippen molar-refractivity contribution in [3.05, 3.63) is 11.6 Å². The van der Waals surface area contributed by atoms with Crippen LogP contribution < -0.4 is 0 Å². The van der Waals surface area contributed by atoms with E-state index < -0.39 is 0 Å². The van der Waals surface area contributed by atoms with Gasteiger partial charge in [-0.05, 0) is 20.3 Å². The Morgan fingerprint density at radius 2 is 1.94 bits per heavy atom. The Hall–Kier alpha value is -0.610. The lowest BCUT2D eigenvalue weighted by molar-refractivity contribution is 0.0208. The summed E-state index contributed by atoms with van der Waals surface area (Å²) in [6, 6.07) is 0. The van der Waals surface area contributed by atoms with Crippen LogP contribution in [0.25, 0.3) is 0 Å². The molecule has 16 heavy (non-hydrogen) atoms. The number of hydrogen-bond donors (Lipinski definition) is 0. The maximum Gasteiger partial charge on any atom is 0.147 e. The van der Waals surface area contributed by atoms with Crippen LogP contribution >= 0.6 is 11.6 Å². The summed E-state index contributed by atoms with van der Waals surface area (Å²) < 4.78 is 7.49. The van der Waals surface area contributed by atoms with E-state index in [1.54, 1.807) is 7.11 Å². The smallest absolute Gasteiger partial charge is 0.147 e. The number of aromatic nitrogens is 3. The van der Waals surface area contributed by atoms with E-state index >= 15 is 0 Å². The molecule has 0 radical (unpaired) electrons. The fourth-order valence-corrected chi connectivity index (χ4v) is 1.73. The topological polar surface area (TPSA) is 39.9 Å². The van der Waals surface area contributed by atoms with Crippen LogP contribution in [0.4, 0.5) is 0 Å². The average molecular weight is 246 g/mol. The molecule has 0 aromatic carbocycles. The Labute approximate surface area is 102 Å². The van der Waals surface area contributed by atoms with Crippen molar-refractivity contribution >= 4 is 11.6 Å². The first-order valence-corrected chi connectivity index (χ1v) is 6.09. The molecule has 4 nitrogen and oxygen atoms in total. The second-order valence-electron chi connectivity index (χ2n) is 4.46. The van der Waals surface area contributed by atoms with E-state index in [0.29, 0.717) is 5.88 Å². The van der Waals surface area contributed by atoms with Crippen molar-refractivity contribution in [2.45, 2.75) is 51.6 Å². The number of halogens is 1. The minimum absolute atomic E-state index is 0.220. The zero-order chi connectivity index (χ0) is 12.2. The van der Waals surface area contributed by atoms with Gasteiger partial charge in [-0.25, -0.2) is 0 Å². The van der Waals surface area contributed by atoms with Crippen LogP contribution in [0.2, 0.25) is 0 Å². The summed E-state index contributed by atoms with van der Waals surface area (Å²) >= 11 is 5.83. The summed E-state index contributed by atoms with van der Waals surface area (Å²) in [6.45, 7) is 7.12. The monoisotopic (exact) mass is 245 g/mol. The Morgan fingerprint density at radius 3 is 2.44 bits per heavy atom. The molecule has 0 fully saturated rings. The molecule has 0 spiro atoms. The number of hydrogen-bond acceptors (Lipinski definition) is 3. The molecule has 0 aliphatic heterocycles. The summed E-state index contributed by atoms with van der Waals surface area (Å²) in [6.07, 6.45) is 1.79. The number of nitrogens with zero attached hydrogens (tertiary/aromatic N) is 3. The highest BCUT2D eigenvalue weighted by atomic mass is 35.5. The van der Waals surface area contributed by atoms with Crippen molar-refractivity contribution in [3.63, 3.8) is 0 Å². The van der Waals surface area contributed by atoms with Crippen molar-refractivity contribution in [1.29, 1.82) is 0 Å². The third-order valence-electron chi connectivity index (χ3n) is 2.61. The molecule has 0 amide bonds. The molecule has 5 heteroatoms. The van der Waals surface area contributed by atoms with Crippen LogP contribution in [0, 0.1) is 0 Å². The molecule has 0 saturated carbocycles. The quantitative estimate of drug-likeness (QED) is 0.723. The second-order valence-corrected chi connectivity index (χ2v) is 4.73. The molecule has 0 aliphatic rings. The summed E-state index contributed by atoms with van der Waals surface area (Å²) in [4.78, 5) is 0. The van der Waals surface area contributed by atoms with Gasteiger partial charge in [-0.3, -0.25) is 0 Å². The molecule has 1 aromatic rings. The van der Waals surface area contributed by atoms with Crippen LogP contribution in [0.5, 0.6) is 0 Å². The second kappa shape index (κ2) is 5.64. The van der Waals surface area contributed by atoms with Gasteiger partial charge in [0.2, 0.25) is 0 Å². The van der Waals surface area contributed by atoms with Crippen molar-refractivity contribution in [1.82, 2.24) is 14.8 Å². The van der Waals surface area contributed by atoms with Gasteiger partial charge >= 0.3 is 0 Å². The van der Waals surface area contributed by atoms with Crippen molar-refractivity contribution < 1.29 is 4.74 Å². The first-order chi connectivity index (χ1) is 7.54. The molecule has 1 aromatic heterocycles. The Morgan fingerprint density at radius 1 is 1.31 bits per heavy atom. The van der Waals surface area contributed by atoms with Crippen LogP contribution in [0.1, 0.15) is 38.8 Å². The van der Waals surface area contributed by atoms with Gasteiger partial charge in [-0.1, -0.05) is 6.92 Å². The maximum absolute atomic E-state index is 5.83. The Balaban J connectivity index is 2.91. The van der Waals surface area contributed by atoms with Gasteiger partial charge < -0.3 is 9.30 Å². The summed E-state index contributed by atoms with van der Waals surface area (Å²) in [7, 11) is 1.71. The maximum atomic E-state index is 5.83. The van der Waals surface area contributed by atoms with Gasteiger partial charge in [-0.15, -0.1) is 21.8 Å². The van der Waals surface area contributed by atoms with Crippen LogP contribution in [0.3, 0.4) is 0 Å².